The van der Waals surface area contributed by atoms with Crippen LogP contribution in [0.3, 0.4) is 0 Å². The zero-order chi connectivity index (χ0) is 9.10. The lowest BCUT2D eigenvalue weighted by Crippen LogP contribution is -1.80. The molecule has 1 aromatic heterocycles. The lowest BCUT2D eigenvalue weighted by atomic mass is 10.1. The first-order chi connectivity index (χ1) is 6.40. The summed E-state index contributed by atoms with van der Waals surface area (Å²) in [5.41, 5.74) is 3.54. The highest BCUT2D eigenvalue weighted by Crippen LogP contribution is 2.19. The van der Waals surface area contributed by atoms with Gasteiger partial charge in [-0.2, -0.15) is 0 Å². The number of aromatic nitrogens is 1. The number of rotatable bonds is 2. The SMILES string of the molecule is CCc1cccc(-c2cnoc2)c1. The van der Waals surface area contributed by atoms with Gasteiger partial charge in [0.1, 0.15) is 6.26 Å². The minimum atomic E-state index is 1.04. The van der Waals surface area contributed by atoms with Crippen molar-refractivity contribution in [3.63, 3.8) is 0 Å². The Bertz CT molecular complexity index is 379. The van der Waals surface area contributed by atoms with Gasteiger partial charge in [0, 0.05) is 5.56 Å². The molecular weight excluding hydrogens is 162 g/mol. The fourth-order valence-corrected chi connectivity index (χ4v) is 1.32. The summed E-state index contributed by atoms with van der Waals surface area (Å²) in [7, 11) is 0. The zero-order valence-electron chi connectivity index (χ0n) is 7.53. The summed E-state index contributed by atoms with van der Waals surface area (Å²) in [5.74, 6) is 0. The van der Waals surface area contributed by atoms with E-state index < -0.39 is 0 Å². The smallest absolute Gasteiger partial charge is 0.131 e. The molecule has 0 saturated carbocycles. The van der Waals surface area contributed by atoms with Gasteiger partial charge in [-0.05, 0) is 17.5 Å². The Morgan fingerprint density at radius 1 is 1.31 bits per heavy atom. The molecule has 0 radical (unpaired) electrons. The second kappa shape index (κ2) is 3.44. The molecule has 0 N–H and O–H groups in total. The van der Waals surface area contributed by atoms with Crippen LogP contribution < -0.4 is 0 Å². The molecule has 0 saturated heterocycles. The molecule has 1 heterocycles. The van der Waals surface area contributed by atoms with Gasteiger partial charge in [-0.15, -0.1) is 0 Å². The minimum Gasteiger partial charge on any atom is -0.364 e. The van der Waals surface area contributed by atoms with Crippen LogP contribution in [0.15, 0.2) is 41.2 Å². The normalized spacial score (nSPS) is 10.2. The van der Waals surface area contributed by atoms with Crippen LogP contribution in [0.25, 0.3) is 11.1 Å². The molecule has 0 aliphatic heterocycles. The predicted octanol–water partition coefficient (Wildman–Crippen LogP) is 2.90. The number of hydrogen-bond donors (Lipinski definition) is 0. The molecule has 0 fully saturated rings. The lowest BCUT2D eigenvalue weighted by Gasteiger charge is -1.99. The Kier molecular flexibility index (Phi) is 2.13. The fraction of sp³-hybridized carbons (Fsp3) is 0.182. The van der Waals surface area contributed by atoms with E-state index in [2.05, 4.69) is 36.3 Å². The van der Waals surface area contributed by atoms with Crippen LogP contribution in [0.2, 0.25) is 0 Å². The minimum absolute atomic E-state index is 1.04. The van der Waals surface area contributed by atoms with E-state index in [1.54, 1.807) is 12.5 Å². The van der Waals surface area contributed by atoms with Crippen molar-refractivity contribution < 1.29 is 4.52 Å². The van der Waals surface area contributed by atoms with Gasteiger partial charge in [-0.3, -0.25) is 0 Å². The van der Waals surface area contributed by atoms with Crippen LogP contribution >= 0.6 is 0 Å². The average Bonchev–Trinajstić information content (AvgIpc) is 2.71. The molecule has 2 nitrogen and oxygen atoms in total. The molecule has 13 heavy (non-hydrogen) atoms. The summed E-state index contributed by atoms with van der Waals surface area (Å²) in [5, 5.41) is 3.68. The Balaban J connectivity index is 2.41. The van der Waals surface area contributed by atoms with Gasteiger partial charge < -0.3 is 4.52 Å². The van der Waals surface area contributed by atoms with Gasteiger partial charge in [-0.25, -0.2) is 0 Å². The summed E-state index contributed by atoms with van der Waals surface area (Å²) in [4.78, 5) is 0. The molecule has 0 bridgehead atoms. The first-order valence-corrected chi connectivity index (χ1v) is 4.39. The summed E-state index contributed by atoms with van der Waals surface area (Å²) < 4.78 is 4.79. The van der Waals surface area contributed by atoms with Crippen molar-refractivity contribution in [3.05, 3.63) is 42.3 Å². The van der Waals surface area contributed by atoms with Crippen molar-refractivity contribution in [1.29, 1.82) is 0 Å². The van der Waals surface area contributed by atoms with Crippen molar-refractivity contribution in [1.82, 2.24) is 5.16 Å². The van der Waals surface area contributed by atoms with E-state index >= 15 is 0 Å². The first kappa shape index (κ1) is 8.05. The second-order valence-corrected chi connectivity index (χ2v) is 2.97. The topological polar surface area (TPSA) is 26.0 Å². The van der Waals surface area contributed by atoms with Crippen LogP contribution in [0.1, 0.15) is 12.5 Å². The van der Waals surface area contributed by atoms with Crippen molar-refractivity contribution in [3.8, 4) is 11.1 Å². The quantitative estimate of drug-likeness (QED) is 0.697. The fourth-order valence-electron chi connectivity index (χ4n) is 1.32. The highest BCUT2D eigenvalue weighted by atomic mass is 16.5. The van der Waals surface area contributed by atoms with Gasteiger partial charge in [0.25, 0.3) is 0 Å². The molecule has 2 aromatic rings. The Hall–Kier alpha value is -1.57. The Labute approximate surface area is 77.2 Å². The highest BCUT2D eigenvalue weighted by Gasteiger charge is 1.99. The maximum absolute atomic E-state index is 4.79. The van der Waals surface area contributed by atoms with Gasteiger partial charge in [-0.1, -0.05) is 36.3 Å². The van der Waals surface area contributed by atoms with Gasteiger partial charge in [0.2, 0.25) is 0 Å². The van der Waals surface area contributed by atoms with Gasteiger partial charge in [0.15, 0.2) is 0 Å². The number of hydrogen-bond acceptors (Lipinski definition) is 2. The largest absolute Gasteiger partial charge is 0.364 e. The molecule has 0 spiro atoms. The van der Waals surface area contributed by atoms with Crippen LogP contribution in [0.4, 0.5) is 0 Å². The molecule has 1 aromatic carbocycles. The van der Waals surface area contributed by atoms with Crippen molar-refractivity contribution >= 4 is 0 Å². The highest BCUT2D eigenvalue weighted by molar-refractivity contribution is 5.61. The lowest BCUT2D eigenvalue weighted by molar-refractivity contribution is 0.420. The zero-order valence-corrected chi connectivity index (χ0v) is 7.53. The second-order valence-electron chi connectivity index (χ2n) is 2.97. The molecule has 2 rings (SSSR count). The number of aryl methyl sites for hydroxylation is 1. The summed E-state index contributed by atoms with van der Waals surface area (Å²) in [6.45, 7) is 2.15. The monoisotopic (exact) mass is 173 g/mol. The van der Waals surface area contributed by atoms with Crippen LogP contribution in [-0.2, 0) is 6.42 Å². The molecule has 0 aliphatic carbocycles. The third-order valence-corrected chi connectivity index (χ3v) is 2.10. The van der Waals surface area contributed by atoms with E-state index in [-0.39, 0.29) is 0 Å². The molecule has 0 amide bonds. The van der Waals surface area contributed by atoms with Gasteiger partial charge >= 0.3 is 0 Å². The average molecular weight is 173 g/mol. The predicted molar refractivity (Wildman–Crippen MR) is 51.3 cm³/mol. The van der Waals surface area contributed by atoms with Gasteiger partial charge in [0.05, 0.1) is 6.20 Å². The van der Waals surface area contributed by atoms with E-state index in [0.717, 1.165) is 12.0 Å². The summed E-state index contributed by atoms with van der Waals surface area (Å²) in [6.07, 6.45) is 4.45. The van der Waals surface area contributed by atoms with Crippen LogP contribution in [-0.4, -0.2) is 5.16 Å². The third-order valence-electron chi connectivity index (χ3n) is 2.10. The van der Waals surface area contributed by atoms with Crippen molar-refractivity contribution in [2.24, 2.45) is 0 Å². The molecule has 0 aliphatic rings. The maximum Gasteiger partial charge on any atom is 0.131 e. The summed E-state index contributed by atoms with van der Waals surface area (Å²) >= 11 is 0. The first-order valence-electron chi connectivity index (χ1n) is 4.39. The van der Waals surface area contributed by atoms with E-state index in [1.807, 2.05) is 0 Å². The van der Waals surface area contributed by atoms with Crippen LogP contribution in [0.5, 0.6) is 0 Å². The Morgan fingerprint density at radius 2 is 2.23 bits per heavy atom. The third kappa shape index (κ3) is 1.61. The number of benzene rings is 1. The maximum atomic E-state index is 4.79. The van der Waals surface area contributed by atoms with E-state index in [4.69, 9.17) is 4.52 Å². The number of nitrogens with zero attached hydrogens (tertiary/aromatic N) is 1. The molecule has 0 unspecified atom stereocenters. The van der Waals surface area contributed by atoms with Crippen molar-refractivity contribution in [2.75, 3.05) is 0 Å². The van der Waals surface area contributed by atoms with E-state index in [9.17, 15) is 0 Å². The van der Waals surface area contributed by atoms with Crippen LogP contribution in [0, 0.1) is 0 Å². The molecule has 0 atom stereocenters. The molecule has 2 heteroatoms. The van der Waals surface area contributed by atoms with E-state index in [1.165, 1.54) is 11.1 Å². The van der Waals surface area contributed by atoms with E-state index in [0.29, 0.717) is 0 Å². The summed E-state index contributed by atoms with van der Waals surface area (Å²) in [6, 6.07) is 8.40. The standard InChI is InChI=1S/C11H11NO/c1-2-9-4-3-5-10(6-9)11-7-12-13-8-11/h3-8H,2H2,1H3. The Morgan fingerprint density at radius 3 is 2.92 bits per heavy atom. The molecule has 66 valence electrons. The molecular formula is C11H11NO. The van der Waals surface area contributed by atoms with Crippen molar-refractivity contribution in [2.45, 2.75) is 13.3 Å².